The van der Waals surface area contributed by atoms with Crippen molar-refractivity contribution in [3.8, 4) is 5.75 Å². The van der Waals surface area contributed by atoms with E-state index >= 15 is 0 Å². The maximum absolute atomic E-state index is 9.76. The number of azo groups is 1. The monoisotopic (exact) mass is 238 g/mol. The van der Waals surface area contributed by atoms with E-state index < -0.39 is 0 Å². The van der Waals surface area contributed by atoms with Gasteiger partial charge < -0.3 is 5.11 Å². The molecule has 0 aromatic heterocycles. The van der Waals surface area contributed by atoms with Crippen LogP contribution >= 0.6 is 0 Å². The number of benzene rings is 2. The third-order valence-electron chi connectivity index (χ3n) is 2.53. The Bertz CT molecular complexity index is 549. The van der Waals surface area contributed by atoms with E-state index in [1.807, 2.05) is 42.5 Å². The first-order chi connectivity index (χ1) is 8.81. The van der Waals surface area contributed by atoms with Gasteiger partial charge in [-0.2, -0.15) is 10.2 Å². The van der Waals surface area contributed by atoms with E-state index in [4.69, 9.17) is 0 Å². The van der Waals surface area contributed by atoms with Gasteiger partial charge in [0.1, 0.15) is 11.8 Å². The molecule has 18 heavy (non-hydrogen) atoms. The number of phenolic OH excluding ortho intramolecular Hbond substituents is 1. The zero-order valence-electron chi connectivity index (χ0n) is 9.90. The first kappa shape index (κ1) is 12.0. The Hall–Kier alpha value is -2.42. The molecule has 0 aliphatic heterocycles. The Labute approximate surface area is 106 Å². The standard InChI is InChI=1S/C15H14N2O/c1-2-14(13-10-6-7-11-15(13)18)17-16-12-8-4-3-5-9-12/h2-11,14,18H,1H2/b17-16+. The molecule has 3 heteroatoms. The van der Waals surface area contributed by atoms with Crippen molar-refractivity contribution in [2.75, 3.05) is 0 Å². The number of rotatable bonds is 4. The first-order valence-corrected chi connectivity index (χ1v) is 5.67. The summed E-state index contributed by atoms with van der Waals surface area (Å²) in [4.78, 5) is 0. The number of aromatic hydroxyl groups is 1. The normalized spacial score (nSPS) is 12.4. The lowest BCUT2D eigenvalue weighted by Crippen LogP contribution is -1.90. The molecule has 0 aliphatic carbocycles. The van der Waals surface area contributed by atoms with Crippen molar-refractivity contribution in [1.29, 1.82) is 0 Å². The van der Waals surface area contributed by atoms with E-state index in [1.54, 1.807) is 18.2 Å². The number of phenols is 1. The van der Waals surface area contributed by atoms with Crippen molar-refractivity contribution >= 4 is 5.69 Å². The van der Waals surface area contributed by atoms with Crippen LogP contribution in [0.15, 0.2) is 77.5 Å². The maximum Gasteiger partial charge on any atom is 0.121 e. The molecule has 0 saturated carbocycles. The molecule has 0 bridgehead atoms. The van der Waals surface area contributed by atoms with Gasteiger partial charge in [0.25, 0.3) is 0 Å². The molecule has 0 saturated heterocycles. The van der Waals surface area contributed by atoms with E-state index in [0.29, 0.717) is 5.56 Å². The fraction of sp³-hybridized carbons (Fsp3) is 0.0667. The van der Waals surface area contributed by atoms with Crippen LogP contribution in [0.5, 0.6) is 5.75 Å². The van der Waals surface area contributed by atoms with E-state index in [-0.39, 0.29) is 11.8 Å². The Morgan fingerprint density at radius 3 is 2.33 bits per heavy atom. The van der Waals surface area contributed by atoms with Crippen LogP contribution in [-0.4, -0.2) is 5.11 Å². The molecule has 2 aromatic rings. The molecule has 0 radical (unpaired) electrons. The summed E-state index contributed by atoms with van der Waals surface area (Å²) >= 11 is 0. The molecule has 2 aromatic carbocycles. The molecule has 90 valence electrons. The third-order valence-corrected chi connectivity index (χ3v) is 2.53. The fourth-order valence-corrected chi connectivity index (χ4v) is 1.60. The van der Waals surface area contributed by atoms with Crippen molar-refractivity contribution in [3.05, 3.63) is 72.8 Å². The second kappa shape index (κ2) is 5.77. The van der Waals surface area contributed by atoms with Crippen molar-refractivity contribution in [1.82, 2.24) is 0 Å². The zero-order valence-corrected chi connectivity index (χ0v) is 9.90. The van der Waals surface area contributed by atoms with Crippen LogP contribution in [0.1, 0.15) is 11.6 Å². The Morgan fingerprint density at radius 1 is 1.00 bits per heavy atom. The van der Waals surface area contributed by atoms with Gasteiger partial charge in [-0.3, -0.25) is 0 Å². The topological polar surface area (TPSA) is 45.0 Å². The van der Waals surface area contributed by atoms with Gasteiger partial charge in [-0.05, 0) is 18.2 Å². The van der Waals surface area contributed by atoms with E-state index in [9.17, 15) is 5.11 Å². The molecule has 3 nitrogen and oxygen atoms in total. The number of hydrogen-bond acceptors (Lipinski definition) is 3. The highest BCUT2D eigenvalue weighted by Crippen LogP contribution is 2.28. The minimum Gasteiger partial charge on any atom is -0.508 e. The average Bonchev–Trinajstić information content (AvgIpc) is 2.42. The van der Waals surface area contributed by atoms with Crippen LogP contribution in [0.3, 0.4) is 0 Å². The van der Waals surface area contributed by atoms with Crippen LogP contribution < -0.4 is 0 Å². The molecular weight excluding hydrogens is 224 g/mol. The van der Waals surface area contributed by atoms with E-state index in [2.05, 4.69) is 16.8 Å². The predicted molar refractivity (Wildman–Crippen MR) is 72.0 cm³/mol. The maximum atomic E-state index is 9.76. The van der Waals surface area contributed by atoms with E-state index in [1.165, 1.54) is 0 Å². The van der Waals surface area contributed by atoms with Crippen molar-refractivity contribution in [2.24, 2.45) is 10.2 Å². The zero-order chi connectivity index (χ0) is 12.8. The van der Waals surface area contributed by atoms with Crippen LogP contribution in [0.25, 0.3) is 0 Å². The summed E-state index contributed by atoms with van der Waals surface area (Å²) in [6.07, 6.45) is 1.65. The molecule has 0 fully saturated rings. The quantitative estimate of drug-likeness (QED) is 0.622. The second-order valence-electron chi connectivity index (χ2n) is 3.79. The van der Waals surface area contributed by atoms with Gasteiger partial charge in [0.2, 0.25) is 0 Å². The lowest BCUT2D eigenvalue weighted by molar-refractivity contribution is 0.465. The highest BCUT2D eigenvalue weighted by atomic mass is 16.3. The van der Waals surface area contributed by atoms with Crippen LogP contribution in [-0.2, 0) is 0 Å². The lowest BCUT2D eigenvalue weighted by atomic mass is 10.1. The second-order valence-corrected chi connectivity index (χ2v) is 3.79. The smallest absolute Gasteiger partial charge is 0.121 e. The third kappa shape index (κ3) is 2.83. The molecule has 1 N–H and O–H groups in total. The molecule has 0 amide bonds. The minimum atomic E-state index is -0.341. The molecule has 1 atom stereocenters. The highest BCUT2D eigenvalue weighted by molar-refractivity contribution is 5.38. The summed E-state index contributed by atoms with van der Waals surface area (Å²) < 4.78 is 0. The van der Waals surface area contributed by atoms with Gasteiger partial charge in [-0.15, -0.1) is 6.58 Å². The van der Waals surface area contributed by atoms with Crippen molar-refractivity contribution in [2.45, 2.75) is 6.04 Å². The molecule has 0 heterocycles. The van der Waals surface area contributed by atoms with Gasteiger partial charge in [-0.1, -0.05) is 42.5 Å². The SMILES string of the molecule is C=CC(/N=N/c1ccccc1)c1ccccc1O. The number of nitrogens with zero attached hydrogens (tertiary/aromatic N) is 2. The van der Waals surface area contributed by atoms with Crippen LogP contribution in [0.4, 0.5) is 5.69 Å². The molecular formula is C15H14N2O. The minimum absolute atomic E-state index is 0.203. The highest BCUT2D eigenvalue weighted by Gasteiger charge is 2.09. The fourth-order valence-electron chi connectivity index (χ4n) is 1.60. The molecule has 2 rings (SSSR count). The summed E-state index contributed by atoms with van der Waals surface area (Å²) in [6, 6.07) is 16.2. The largest absolute Gasteiger partial charge is 0.508 e. The van der Waals surface area contributed by atoms with Gasteiger partial charge >= 0.3 is 0 Å². The van der Waals surface area contributed by atoms with Gasteiger partial charge in [-0.25, -0.2) is 0 Å². The molecule has 0 aliphatic rings. The van der Waals surface area contributed by atoms with Gasteiger partial charge in [0.15, 0.2) is 0 Å². The Balaban J connectivity index is 2.23. The summed E-state index contributed by atoms with van der Waals surface area (Å²) in [5.74, 6) is 0.203. The predicted octanol–water partition coefficient (Wildman–Crippen LogP) is 4.40. The average molecular weight is 238 g/mol. The van der Waals surface area contributed by atoms with Gasteiger partial charge in [0, 0.05) is 5.56 Å². The summed E-state index contributed by atoms with van der Waals surface area (Å²) in [5, 5.41) is 18.1. The number of hydrogen-bond donors (Lipinski definition) is 1. The summed E-state index contributed by atoms with van der Waals surface area (Å²) in [6.45, 7) is 3.73. The summed E-state index contributed by atoms with van der Waals surface area (Å²) in [7, 11) is 0. The summed E-state index contributed by atoms with van der Waals surface area (Å²) in [5.41, 5.74) is 1.48. The Kier molecular flexibility index (Phi) is 3.86. The first-order valence-electron chi connectivity index (χ1n) is 5.67. The van der Waals surface area contributed by atoms with Crippen LogP contribution in [0.2, 0.25) is 0 Å². The van der Waals surface area contributed by atoms with Crippen molar-refractivity contribution < 1.29 is 5.11 Å². The molecule has 1 unspecified atom stereocenters. The van der Waals surface area contributed by atoms with E-state index in [0.717, 1.165) is 5.69 Å². The Morgan fingerprint density at radius 2 is 1.67 bits per heavy atom. The van der Waals surface area contributed by atoms with Crippen LogP contribution in [0, 0.1) is 0 Å². The molecule has 0 spiro atoms. The van der Waals surface area contributed by atoms with Crippen molar-refractivity contribution in [3.63, 3.8) is 0 Å². The number of para-hydroxylation sites is 1. The van der Waals surface area contributed by atoms with Gasteiger partial charge in [0.05, 0.1) is 5.69 Å². The lowest BCUT2D eigenvalue weighted by Gasteiger charge is -2.08.